The van der Waals surface area contributed by atoms with Gasteiger partial charge in [-0.15, -0.1) is 0 Å². The predicted octanol–water partition coefficient (Wildman–Crippen LogP) is 2.13. The van der Waals surface area contributed by atoms with Gasteiger partial charge in [0.2, 0.25) is 0 Å². The van der Waals surface area contributed by atoms with Crippen LogP contribution in [-0.2, 0) is 9.53 Å². The van der Waals surface area contributed by atoms with Gasteiger partial charge in [-0.25, -0.2) is 0 Å². The second-order valence-electron chi connectivity index (χ2n) is 4.42. The SMILES string of the molecule is CC(C)(C)CC1CCC(=O)O1. The van der Waals surface area contributed by atoms with Crippen LogP contribution in [0, 0.1) is 5.41 Å². The van der Waals surface area contributed by atoms with Crippen LogP contribution < -0.4 is 0 Å². The molecule has 1 heterocycles. The van der Waals surface area contributed by atoms with Crippen LogP contribution in [0.3, 0.4) is 0 Å². The van der Waals surface area contributed by atoms with Crippen molar-refractivity contribution in [2.24, 2.45) is 5.41 Å². The first-order valence-electron chi connectivity index (χ1n) is 4.17. The molecule has 11 heavy (non-hydrogen) atoms. The third-order valence-corrected chi connectivity index (χ3v) is 1.81. The van der Waals surface area contributed by atoms with Crippen LogP contribution in [0.4, 0.5) is 0 Å². The van der Waals surface area contributed by atoms with E-state index in [0.29, 0.717) is 6.42 Å². The standard InChI is InChI=1S/C9H16O2/c1-9(2,3)6-7-4-5-8(10)11-7/h7H,4-6H2,1-3H3. The average molecular weight is 156 g/mol. The Bertz CT molecular complexity index is 155. The molecule has 64 valence electrons. The highest BCUT2D eigenvalue weighted by atomic mass is 16.5. The van der Waals surface area contributed by atoms with Gasteiger partial charge in [-0.2, -0.15) is 0 Å². The highest BCUT2D eigenvalue weighted by Crippen LogP contribution is 2.27. The van der Waals surface area contributed by atoms with E-state index < -0.39 is 0 Å². The molecule has 0 saturated carbocycles. The maximum Gasteiger partial charge on any atom is 0.306 e. The average Bonchev–Trinajstić information content (AvgIpc) is 2.10. The second-order valence-corrected chi connectivity index (χ2v) is 4.42. The summed E-state index contributed by atoms with van der Waals surface area (Å²) in [6, 6.07) is 0. The van der Waals surface area contributed by atoms with Crippen LogP contribution >= 0.6 is 0 Å². The molecule has 1 fully saturated rings. The molecule has 0 aromatic heterocycles. The summed E-state index contributed by atoms with van der Waals surface area (Å²) < 4.78 is 5.10. The van der Waals surface area contributed by atoms with E-state index >= 15 is 0 Å². The molecule has 1 aliphatic rings. The van der Waals surface area contributed by atoms with Crippen molar-refractivity contribution >= 4 is 5.97 Å². The number of hydrogen-bond acceptors (Lipinski definition) is 2. The number of esters is 1. The molecule has 0 radical (unpaired) electrons. The summed E-state index contributed by atoms with van der Waals surface area (Å²) in [5, 5.41) is 0. The van der Waals surface area contributed by atoms with Crippen LogP contribution in [0.1, 0.15) is 40.0 Å². The fraction of sp³-hybridized carbons (Fsp3) is 0.889. The third-order valence-electron chi connectivity index (χ3n) is 1.81. The minimum absolute atomic E-state index is 0.0285. The van der Waals surface area contributed by atoms with E-state index in [2.05, 4.69) is 20.8 Å². The number of carbonyl (C=O) groups is 1. The summed E-state index contributed by atoms with van der Waals surface area (Å²) in [5.41, 5.74) is 0.273. The highest BCUT2D eigenvalue weighted by molar-refractivity contribution is 5.71. The Morgan fingerprint density at radius 1 is 1.55 bits per heavy atom. The minimum atomic E-state index is -0.0285. The van der Waals surface area contributed by atoms with E-state index in [1.54, 1.807) is 0 Å². The lowest BCUT2D eigenvalue weighted by atomic mass is 9.88. The Labute approximate surface area is 67.9 Å². The van der Waals surface area contributed by atoms with E-state index in [0.717, 1.165) is 12.8 Å². The van der Waals surface area contributed by atoms with Gasteiger partial charge < -0.3 is 4.74 Å². The molecule has 1 atom stereocenters. The molecule has 1 aliphatic heterocycles. The van der Waals surface area contributed by atoms with Crippen LogP contribution in [-0.4, -0.2) is 12.1 Å². The summed E-state index contributed by atoms with van der Waals surface area (Å²) in [6.45, 7) is 6.50. The van der Waals surface area contributed by atoms with Gasteiger partial charge in [-0.1, -0.05) is 20.8 Å². The molecule has 1 rings (SSSR count). The third kappa shape index (κ3) is 2.91. The molecule has 0 N–H and O–H groups in total. The van der Waals surface area contributed by atoms with E-state index in [1.807, 2.05) is 0 Å². The fourth-order valence-electron chi connectivity index (χ4n) is 1.41. The van der Waals surface area contributed by atoms with Gasteiger partial charge in [-0.3, -0.25) is 4.79 Å². The highest BCUT2D eigenvalue weighted by Gasteiger charge is 2.27. The van der Waals surface area contributed by atoms with Gasteiger partial charge in [0, 0.05) is 6.42 Å². The van der Waals surface area contributed by atoms with Crippen LogP contribution in [0.25, 0.3) is 0 Å². The van der Waals surface area contributed by atoms with E-state index in [9.17, 15) is 4.79 Å². The molecule has 2 nitrogen and oxygen atoms in total. The molecule has 0 aromatic carbocycles. The van der Waals surface area contributed by atoms with Crippen molar-refractivity contribution in [1.82, 2.24) is 0 Å². The van der Waals surface area contributed by atoms with Gasteiger partial charge in [0.15, 0.2) is 0 Å². The largest absolute Gasteiger partial charge is 0.462 e. The maximum absolute atomic E-state index is 10.7. The summed E-state index contributed by atoms with van der Waals surface area (Å²) in [4.78, 5) is 10.7. The number of carbonyl (C=O) groups excluding carboxylic acids is 1. The Morgan fingerprint density at radius 3 is 2.55 bits per heavy atom. The van der Waals surface area contributed by atoms with Crippen molar-refractivity contribution in [3.63, 3.8) is 0 Å². The van der Waals surface area contributed by atoms with Gasteiger partial charge in [0.05, 0.1) is 0 Å². The van der Waals surface area contributed by atoms with Crippen molar-refractivity contribution in [3.8, 4) is 0 Å². The summed E-state index contributed by atoms with van der Waals surface area (Å²) in [7, 11) is 0. The van der Waals surface area contributed by atoms with Crippen LogP contribution in [0.15, 0.2) is 0 Å². The van der Waals surface area contributed by atoms with Crippen LogP contribution in [0.5, 0.6) is 0 Å². The van der Waals surface area contributed by atoms with Crippen molar-refractivity contribution in [3.05, 3.63) is 0 Å². The Balaban J connectivity index is 2.34. The molecule has 1 saturated heterocycles. The number of ether oxygens (including phenoxy) is 1. The quantitative estimate of drug-likeness (QED) is 0.543. The first kappa shape index (κ1) is 8.57. The summed E-state index contributed by atoms with van der Waals surface area (Å²) in [6.07, 6.45) is 2.69. The Kier molecular flexibility index (Phi) is 2.21. The molecule has 0 amide bonds. The summed E-state index contributed by atoms with van der Waals surface area (Å²) in [5.74, 6) is -0.0285. The zero-order valence-corrected chi connectivity index (χ0v) is 7.52. The topological polar surface area (TPSA) is 26.3 Å². The van der Waals surface area contributed by atoms with Gasteiger partial charge in [0.1, 0.15) is 6.10 Å². The lowest BCUT2D eigenvalue weighted by Gasteiger charge is -2.21. The van der Waals surface area contributed by atoms with Gasteiger partial charge in [0.25, 0.3) is 0 Å². The van der Waals surface area contributed by atoms with Crippen molar-refractivity contribution < 1.29 is 9.53 Å². The Hall–Kier alpha value is -0.530. The monoisotopic (exact) mass is 156 g/mol. The molecular weight excluding hydrogens is 140 g/mol. The zero-order valence-electron chi connectivity index (χ0n) is 7.52. The minimum Gasteiger partial charge on any atom is -0.462 e. The first-order chi connectivity index (χ1) is 4.97. The summed E-state index contributed by atoms with van der Waals surface area (Å²) >= 11 is 0. The predicted molar refractivity (Wildman–Crippen MR) is 43.2 cm³/mol. The van der Waals surface area contributed by atoms with E-state index in [-0.39, 0.29) is 17.5 Å². The van der Waals surface area contributed by atoms with E-state index in [4.69, 9.17) is 4.74 Å². The molecule has 0 aliphatic carbocycles. The number of cyclic esters (lactones) is 1. The van der Waals surface area contributed by atoms with Gasteiger partial charge in [-0.05, 0) is 18.3 Å². The lowest BCUT2D eigenvalue weighted by molar-refractivity contribution is -0.142. The van der Waals surface area contributed by atoms with Crippen molar-refractivity contribution in [2.75, 3.05) is 0 Å². The van der Waals surface area contributed by atoms with Crippen molar-refractivity contribution in [2.45, 2.75) is 46.1 Å². The van der Waals surface area contributed by atoms with E-state index in [1.165, 1.54) is 0 Å². The normalized spacial score (nSPS) is 25.4. The maximum atomic E-state index is 10.7. The van der Waals surface area contributed by atoms with Crippen LogP contribution in [0.2, 0.25) is 0 Å². The fourth-order valence-corrected chi connectivity index (χ4v) is 1.41. The second kappa shape index (κ2) is 2.84. The molecule has 0 bridgehead atoms. The Morgan fingerprint density at radius 2 is 2.18 bits per heavy atom. The van der Waals surface area contributed by atoms with Crippen molar-refractivity contribution in [1.29, 1.82) is 0 Å². The first-order valence-corrected chi connectivity index (χ1v) is 4.17. The molecule has 0 aromatic rings. The molecule has 0 spiro atoms. The smallest absolute Gasteiger partial charge is 0.306 e. The lowest BCUT2D eigenvalue weighted by Crippen LogP contribution is -2.17. The van der Waals surface area contributed by atoms with Gasteiger partial charge >= 0.3 is 5.97 Å². The number of hydrogen-bond donors (Lipinski definition) is 0. The molecule has 2 heteroatoms. The molecule has 1 unspecified atom stereocenters. The number of rotatable bonds is 1. The molecular formula is C9H16O2. The zero-order chi connectivity index (χ0) is 8.48.